The first-order valence-corrected chi connectivity index (χ1v) is 63.6. The Morgan fingerprint density at radius 1 is 0.393 bits per heavy atom. The molecular formula is C67H106I2N25O41P10-. The Morgan fingerprint density at radius 2 is 0.683 bits per heavy atom. The number of imidazole rings is 5. The summed E-state index contributed by atoms with van der Waals surface area (Å²) in [6.07, 6.45) is -4.16. The second-order valence-electron chi connectivity index (χ2n) is 31.6. The summed E-state index contributed by atoms with van der Waals surface area (Å²) >= 11 is -0.320. The third-order valence-electron chi connectivity index (χ3n) is 22.5. The number of hydrogen-bond donors (Lipinski definition) is 13. The zero-order valence-corrected chi connectivity index (χ0v) is 91.3. The molecule has 17 rings (SSSR count). The fourth-order valence-corrected chi connectivity index (χ4v) is 41.7. The van der Waals surface area contributed by atoms with Gasteiger partial charge in [-0.15, -0.1) is 0 Å². The van der Waals surface area contributed by atoms with Crippen LogP contribution in [0.25, 0.3) is 55.8 Å². The predicted molar refractivity (Wildman–Crippen MR) is 490 cm³/mol. The number of aromatic amines is 1. The SMILES string of the molecule is COC1[C@@H](OC)[C@@H](COP(=O)(O)CP(=O)(O)O)O[C@H]1[n+]1cnc(N)c2[nH]cnc21.COC1[C@@H](OC)[C@@H](COP(=O)(O)CP(=O)(O)OP(=O)(O)CP(=O)(O)OC[C@H]2O[C@@H](n3cnc4c(N)ncnc43)C(OC)[C@H]2OC)O[C@H]1n1cnc2c(N)ncnc21.COC1[C@@H](OC)[C@@H](COP2(=O)CP3(=O)OP(=O)(OC[C@H]4O[C@@H](n5cnc6c(N)ncnc65)C(OC)[C@H]4OC)CP(=O)(O2)O3)O[C@H]1n1cnc2c(N)ncnc21.[2H][I-]C.[2H][I-]C. The zero-order valence-electron chi connectivity index (χ0n) is 80.0. The standard InChI is InChI=1S/C26H40N10O17P4.C26H36N10O15P4.C13H21N5O9P2.2CH4I/c1-45-17-13(51-25(19(17)47-3)35-9-33-15-21(27)29-7-31-23(15)35)5-49-54(37,38)11-56(41,42)53-57(43,44)12-55(39,40)50-6-14-18(46-2)20(48-4)26(52-14)36-10-34-16-22(28)30-8-32-24(16)36;1-41-17-13(47-25(19(17)43-3)35-9-33-15-21(27)29-7-31-23(15)35)5-45-52(37)11-54(39)50-53(38,12-55(40,49-52)51-54)46-6-14-18(42-2)20(44-4)26(48-14)36-10-34-16-22(28)30-8-32-24(16)36;1-24-9-7(3-26-29(22,23)6-28(19,20)21)27-13(10(9)25-2)18-5-17-11(14)8-12(18)16-4-15-8;2*1-2/h7-10,13-14,17-20,25-26H,5-6,11-12H2,1-4H3,(H,37,38)(H,39,40)(H,41,42)(H,43,44)(H2,27,29,31)(H2,28,30,32);7-10,13-14,17-20,25-26H,5-6,11-12H2,1-4H3,(H2,27,29,31)(H2,28,30,32);4-5,7,9-10,13H,3,6H2,1-2H3,(H5,14,15,16,19,20,21,22,23);2*2H,1H3/q;;;2*-1/p+1/t13-,14-,17+,18+,19?,20?,25-,26-;13-,14-,17+,18+,19?,20?,25-,26-,52?,53?,54?,55?;7-,9+,10?,13-;;/m111../s1/i;;;2*2D. The van der Waals surface area contributed by atoms with Crippen LogP contribution in [0.3, 0.4) is 0 Å². The molecule has 78 heteroatoms. The van der Waals surface area contributed by atoms with Gasteiger partial charge in [0.05, 0.1) is 58.3 Å². The number of halogens is 2. The number of H-pyrrole nitrogens is 1. The molecule has 0 spiro atoms. The van der Waals surface area contributed by atoms with Gasteiger partial charge in [0.25, 0.3) is 5.65 Å². The second-order valence-corrected chi connectivity index (χ2v) is 53.8. The van der Waals surface area contributed by atoms with E-state index in [1.54, 1.807) is 13.7 Å². The molecule has 10 aromatic rings. The first kappa shape index (κ1) is 113. The van der Waals surface area contributed by atoms with Gasteiger partial charge in [0.1, 0.15) is 139 Å². The fraction of sp³-hybridized carbons (Fsp3) is 0.627. The molecule has 7 saturated heterocycles. The molecule has 810 valence electrons. The zero-order chi connectivity index (χ0) is 107. The summed E-state index contributed by atoms with van der Waals surface area (Å²) in [7, 11) is -35.0. The van der Waals surface area contributed by atoms with Crippen molar-refractivity contribution in [3.63, 3.8) is 0 Å². The number of nitrogens with two attached hydrogens (primary N) is 5. The van der Waals surface area contributed by atoms with Gasteiger partial charge in [-0.25, -0.2) is 81.6 Å². The number of nitrogens with one attached hydrogen (secondary N) is 1. The van der Waals surface area contributed by atoms with Crippen LogP contribution in [-0.2, 0) is 157 Å². The topological polar surface area (TPSA) is 884 Å². The van der Waals surface area contributed by atoms with Crippen LogP contribution in [0.2, 0.25) is 0 Å². The number of fused-ring (bicyclic) bond motifs is 7. The van der Waals surface area contributed by atoms with E-state index >= 15 is 0 Å². The molecule has 0 aromatic carbocycles. The van der Waals surface area contributed by atoms with Gasteiger partial charge in [-0.05, 0) is 0 Å². The molecular weight excluding hydrogens is 2370 g/mol. The van der Waals surface area contributed by atoms with E-state index in [4.69, 9.17) is 146 Å². The molecule has 7 fully saturated rings. The first-order valence-electron chi connectivity index (χ1n) is 42.5. The predicted octanol–water partition coefficient (Wildman–Crippen LogP) is -4.23. The number of alkyl halides is 2. The van der Waals surface area contributed by atoms with Crippen molar-refractivity contribution in [3.05, 3.63) is 63.3 Å². The molecule has 29 atom stereocenters. The van der Waals surface area contributed by atoms with Gasteiger partial charge in [-0.2, -0.15) is 0 Å². The minimum atomic E-state index is -5.50. The number of hydrogen-bond acceptors (Lipinski definition) is 53. The molecule has 0 aliphatic carbocycles. The molecule has 145 heavy (non-hydrogen) atoms. The van der Waals surface area contributed by atoms with E-state index in [2.05, 4.69) is 79.1 Å². The van der Waals surface area contributed by atoms with Crippen molar-refractivity contribution in [2.24, 2.45) is 0 Å². The van der Waals surface area contributed by atoms with E-state index in [9.17, 15) is 70.1 Å². The summed E-state index contributed by atoms with van der Waals surface area (Å²) in [4.78, 5) is 134. The van der Waals surface area contributed by atoms with Crippen molar-refractivity contribution >= 4 is 161 Å². The number of anilines is 5. The molecule has 10 aromatic heterocycles. The van der Waals surface area contributed by atoms with E-state index < -0.39 is 261 Å². The van der Waals surface area contributed by atoms with E-state index in [-0.39, 0.29) is 96.2 Å². The molecule has 7 aliphatic heterocycles. The summed E-state index contributed by atoms with van der Waals surface area (Å²) in [5, 5.41) is 0. The van der Waals surface area contributed by atoms with Crippen LogP contribution in [0, 0.1) is 0 Å². The summed E-state index contributed by atoms with van der Waals surface area (Å²) < 4.78 is 283. The molecule has 2 bridgehead atoms. The number of ether oxygens (including phenoxy) is 15. The third-order valence-corrected chi connectivity index (χ3v) is 47.4. The van der Waals surface area contributed by atoms with E-state index in [0.29, 0.717) is 33.5 Å². The first-order chi connectivity index (χ1) is 69.5. The normalized spacial score (nSPS) is 32.2. The molecule has 17 heterocycles. The Balaban J connectivity index is 0.000000188. The van der Waals surface area contributed by atoms with Crippen molar-refractivity contribution in [2.75, 3.05) is 172 Å². The Labute approximate surface area is 848 Å². The minimum absolute atomic E-state index is 0.101. The van der Waals surface area contributed by atoms with Crippen LogP contribution in [0.15, 0.2) is 63.3 Å². The second kappa shape index (κ2) is 47.9. The van der Waals surface area contributed by atoms with E-state index in [1.165, 1.54) is 144 Å². The van der Waals surface area contributed by atoms with Crippen LogP contribution in [-0.4, -0.2) is 364 Å². The fourth-order valence-electron chi connectivity index (χ4n) is 16.6. The number of nitrogen functional groups attached to an aromatic ring is 5. The Hall–Kier alpha value is -5.73. The van der Waals surface area contributed by atoms with Crippen LogP contribution in [0.4, 0.5) is 29.1 Å². The molecule has 0 radical (unpaired) electrons. The molecule has 14 unspecified atom stereocenters. The van der Waals surface area contributed by atoms with Crippen molar-refractivity contribution in [3.8, 4) is 0 Å². The van der Waals surface area contributed by atoms with Gasteiger partial charge in [-0.1, -0.05) is 9.97 Å². The van der Waals surface area contributed by atoms with Gasteiger partial charge < -0.3 is 162 Å². The molecule has 0 saturated carbocycles. The molecule has 0 amide bonds. The van der Waals surface area contributed by atoms with E-state index in [0.717, 1.165) is 0 Å². The average molecular weight is 2480 g/mol. The summed E-state index contributed by atoms with van der Waals surface area (Å²) in [5.74, 6) is -6.01. The van der Waals surface area contributed by atoms with Crippen molar-refractivity contribution in [2.45, 2.75) is 123 Å². The van der Waals surface area contributed by atoms with Gasteiger partial charge in [0.2, 0.25) is 18.4 Å². The van der Waals surface area contributed by atoms with E-state index in [1.807, 2.05) is 9.86 Å². The van der Waals surface area contributed by atoms with Crippen LogP contribution >= 0.6 is 76.0 Å². The van der Waals surface area contributed by atoms with Crippen LogP contribution in [0.5, 0.6) is 0 Å². The molecule has 7 aliphatic rings. The molecule has 18 N–H and O–H groups in total. The number of nitrogens with zero attached hydrogens (tertiary/aromatic N) is 19. The maximum atomic E-state index is 13.9. The number of methoxy groups -OCH3 is 10. The average Bonchev–Trinajstić information content (AvgIpc) is 1.59. The van der Waals surface area contributed by atoms with Crippen LogP contribution < -0.4 is 78.0 Å². The quantitative estimate of drug-likeness (QED) is 0.00755. The van der Waals surface area contributed by atoms with Crippen LogP contribution in [0.1, 0.15) is 31.1 Å². The van der Waals surface area contributed by atoms with Crippen molar-refractivity contribution < 1.29 is 240 Å². The maximum absolute atomic E-state index is 13.9. The third kappa shape index (κ3) is 26.2. The van der Waals surface area contributed by atoms with Crippen molar-refractivity contribution in [1.82, 2.24) is 93.0 Å². The van der Waals surface area contributed by atoms with Crippen molar-refractivity contribution in [1.29, 1.82) is 1.19 Å². The summed E-state index contributed by atoms with van der Waals surface area (Å²) in [5.41, 5.74) is 32.9. The monoisotopic (exact) mass is 2480 g/mol. The van der Waals surface area contributed by atoms with Gasteiger partial charge in [0.15, 0.2) is 112 Å². The summed E-state index contributed by atoms with van der Waals surface area (Å²) in [6.45, 7) is -2.84. The molecule has 66 nitrogen and oxygen atoms in total. The number of aromatic nitrogens is 20. The Kier molecular flexibility index (Phi) is 37.4. The van der Waals surface area contributed by atoms with Gasteiger partial charge in [0, 0.05) is 71.1 Å². The van der Waals surface area contributed by atoms with Gasteiger partial charge >= 0.3 is 132 Å². The Bertz CT molecular complexity index is 6440. The number of rotatable bonds is 38. The Morgan fingerprint density at radius 3 is 0.986 bits per heavy atom. The summed E-state index contributed by atoms with van der Waals surface area (Å²) in [6, 6.07) is 0. The van der Waals surface area contributed by atoms with Gasteiger partial charge in [-0.3, -0.25) is 63.9 Å².